The van der Waals surface area contributed by atoms with Gasteiger partial charge in [-0.1, -0.05) is 118 Å². The van der Waals surface area contributed by atoms with Crippen LogP contribution in [0.3, 0.4) is 0 Å². The number of para-hydroxylation sites is 2. The molecule has 58 heavy (non-hydrogen) atoms. The van der Waals surface area contributed by atoms with Crippen LogP contribution in [0, 0.1) is 39.8 Å². The van der Waals surface area contributed by atoms with Crippen molar-refractivity contribution in [2.24, 2.45) is 4.99 Å². The zero-order valence-corrected chi connectivity index (χ0v) is 38.2. The van der Waals surface area contributed by atoms with Gasteiger partial charge < -0.3 is 14.2 Å². The van der Waals surface area contributed by atoms with Crippen LogP contribution in [0.4, 0.5) is 17.1 Å². The van der Waals surface area contributed by atoms with E-state index in [9.17, 15) is 0 Å². The number of hydrogen-bond acceptors (Lipinski definition) is 5. The van der Waals surface area contributed by atoms with Gasteiger partial charge in [-0.25, -0.2) is 4.98 Å². The molecular formula is C51H48N4OPtS. The van der Waals surface area contributed by atoms with Gasteiger partial charge in [0.1, 0.15) is 22.9 Å². The molecule has 1 aliphatic carbocycles. The standard InChI is InChI=1S/C51H48N4OS.Pt/c1-29-22-32(4)46-37(23-29)50(10)51(11,49(46,8)9)56-47(53-50)35-26-40(31(3)24-30(35)2)54-39-18-14-15-19-43(39)57-44-27-36-34-16-12-13-17-38(34)55(41(36)28-42(44)54)45-25-33(20-21-52-45)48(5,6)7;/h12-25,27H,1-11H3;/q-2;+2/t50-,51+;/m1./s1. The Kier molecular flexibility index (Phi) is 8.66. The van der Waals surface area contributed by atoms with Crippen LogP contribution in [0.25, 0.3) is 27.6 Å². The molecule has 3 aliphatic rings. The molecule has 2 aromatic heterocycles. The van der Waals surface area contributed by atoms with Crippen LogP contribution in [0.5, 0.6) is 0 Å². The molecule has 0 saturated heterocycles. The molecule has 0 fully saturated rings. The first-order valence-electron chi connectivity index (χ1n) is 20.0. The van der Waals surface area contributed by atoms with Crippen molar-refractivity contribution < 1.29 is 25.8 Å². The minimum Gasteiger partial charge on any atom is -0.510 e. The largest absolute Gasteiger partial charge is 2.00 e. The van der Waals surface area contributed by atoms with Gasteiger partial charge in [0.05, 0.1) is 5.69 Å². The molecule has 5 nitrogen and oxygen atoms in total. The van der Waals surface area contributed by atoms with Crippen LogP contribution in [0.1, 0.15) is 93.0 Å². The Hall–Kier alpha value is -4.64. The summed E-state index contributed by atoms with van der Waals surface area (Å²) in [5.74, 6) is 1.54. The Bertz CT molecular complexity index is 2920. The third-order valence-electron chi connectivity index (χ3n) is 13.3. The topological polar surface area (TPSA) is 42.7 Å². The Labute approximate surface area is 361 Å². The van der Waals surface area contributed by atoms with Crippen LogP contribution in [-0.2, 0) is 42.2 Å². The quantitative estimate of drug-likeness (QED) is 0.166. The number of nitrogens with zero attached hydrogens (tertiary/aromatic N) is 4. The molecular weight excluding hydrogens is 912 g/mol. The summed E-state index contributed by atoms with van der Waals surface area (Å²) >= 11 is 1.80. The predicted molar refractivity (Wildman–Crippen MR) is 236 cm³/mol. The van der Waals surface area contributed by atoms with Crippen LogP contribution < -0.4 is 4.90 Å². The number of aromatic nitrogens is 2. The molecule has 10 rings (SSSR count). The van der Waals surface area contributed by atoms with Crippen molar-refractivity contribution in [3.8, 4) is 5.82 Å². The second-order valence-corrected chi connectivity index (χ2v) is 19.4. The fourth-order valence-corrected chi connectivity index (χ4v) is 11.1. The number of rotatable bonds is 3. The number of hydrogen-bond donors (Lipinski definition) is 0. The molecule has 0 bridgehead atoms. The van der Waals surface area contributed by atoms with Crippen molar-refractivity contribution in [1.82, 2.24) is 9.55 Å². The molecule has 0 saturated carbocycles. The molecule has 5 aromatic carbocycles. The van der Waals surface area contributed by atoms with Crippen molar-refractivity contribution in [1.29, 1.82) is 0 Å². The van der Waals surface area contributed by atoms with Gasteiger partial charge in [0.2, 0.25) is 0 Å². The van der Waals surface area contributed by atoms with E-state index >= 15 is 0 Å². The number of benzene rings is 5. The van der Waals surface area contributed by atoms with E-state index in [2.05, 4.69) is 183 Å². The van der Waals surface area contributed by atoms with Crippen LogP contribution in [0.2, 0.25) is 0 Å². The van der Waals surface area contributed by atoms with Gasteiger partial charge in [-0.2, -0.15) is 11.8 Å². The van der Waals surface area contributed by atoms with Gasteiger partial charge in [0.15, 0.2) is 0 Å². The number of anilines is 3. The van der Waals surface area contributed by atoms with Gasteiger partial charge >= 0.3 is 21.1 Å². The van der Waals surface area contributed by atoms with E-state index in [1.165, 1.54) is 38.1 Å². The molecule has 2 atom stereocenters. The number of aliphatic imine (C=N–C) groups is 1. The number of ether oxygens (including phenoxy) is 1. The Morgan fingerprint density at radius 3 is 2.26 bits per heavy atom. The minimum absolute atomic E-state index is 0. The molecule has 0 radical (unpaired) electrons. The van der Waals surface area contributed by atoms with E-state index in [-0.39, 0.29) is 31.9 Å². The van der Waals surface area contributed by atoms with E-state index < -0.39 is 11.1 Å². The number of aryl methyl sites for hydroxylation is 4. The third kappa shape index (κ3) is 5.26. The molecule has 0 N–H and O–H groups in total. The second kappa shape index (κ2) is 12.9. The van der Waals surface area contributed by atoms with Crippen molar-refractivity contribution in [3.05, 3.63) is 148 Å². The molecule has 7 heteroatoms. The zero-order chi connectivity index (χ0) is 40.0. The Morgan fingerprint density at radius 1 is 0.741 bits per heavy atom. The summed E-state index contributed by atoms with van der Waals surface area (Å²) in [6.45, 7) is 24.6. The summed E-state index contributed by atoms with van der Waals surface area (Å²) < 4.78 is 9.51. The van der Waals surface area contributed by atoms with Gasteiger partial charge in [-0.3, -0.25) is 4.99 Å². The van der Waals surface area contributed by atoms with Crippen LogP contribution >= 0.6 is 11.8 Å². The van der Waals surface area contributed by atoms with E-state index in [1.54, 1.807) is 11.8 Å². The summed E-state index contributed by atoms with van der Waals surface area (Å²) in [5.41, 5.74) is 13.2. The van der Waals surface area contributed by atoms with E-state index in [0.29, 0.717) is 5.90 Å². The van der Waals surface area contributed by atoms with E-state index in [1.807, 2.05) is 6.20 Å². The Balaban J connectivity index is 0.00000436. The van der Waals surface area contributed by atoms with Gasteiger partial charge in [-0.05, 0) is 96.8 Å². The maximum atomic E-state index is 7.22. The van der Waals surface area contributed by atoms with E-state index in [4.69, 9.17) is 14.7 Å². The summed E-state index contributed by atoms with van der Waals surface area (Å²) in [7, 11) is 0. The molecule has 0 unspecified atom stereocenters. The summed E-state index contributed by atoms with van der Waals surface area (Å²) in [4.78, 5) is 15.2. The summed E-state index contributed by atoms with van der Waals surface area (Å²) in [5, 5.41) is 2.33. The molecule has 7 aromatic rings. The fourth-order valence-electron chi connectivity index (χ4n) is 10.0. The Morgan fingerprint density at radius 2 is 1.48 bits per heavy atom. The molecule has 2 aliphatic heterocycles. The maximum Gasteiger partial charge on any atom is 2.00 e. The van der Waals surface area contributed by atoms with Crippen molar-refractivity contribution in [3.63, 3.8) is 0 Å². The van der Waals surface area contributed by atoms with Crippen LogP contribution in [-0.4, -0.2) is 21.0 Å². The normalized spacial score (nSPS) is 20.3. The fraction of sp³-hybridized carbons (Fsp3) is 0.294. The van der Waals surface area contributed by atoms with Gasteiger partial charge in [-0.15, -0.1) is 40.8 Å². The first kappa shape index (κ1) is 38.9. The molecule has 0 spiro atoms. The summed E-state index contributed by atoms with van der Waals surface area (Å²) in [6, 6.07) is 38.8. The molecule has 4 heterocycles. The smallest absolute Gasteiger partial charge is 0.510 e. The average Bonchev–Trinajstić information content (AvgIpc) is 3.68. The SMILES string of the molecule is Cc1cc(C)c2c(c1)[C@@]1(C)N=C(c3[c-]c(N4c5[c-]c6c(cc5Sc5ccccc54)c4ccccc4n6-c4cc(C(C)(C)C)ccn4)c(C)cc3C)O[C@@]1(C)C2(C)C.[Pt+2]. The number of fused-ring (bicyclic) bond motifs is 8. The predicted octanol–water partition coefficient (Wildman–Crippen LogP) is 13.0. The van der Waals surface area contributed by atoms with Gasteiger partial charge in [0.25, 0.3) is 0 Å². The number of pyridine rings is 1. The monoisotopic (exact) mass is 959 g/mol. The van der Waals surface area contributed by atoms with Crippen LogP contribution in [0.15, 0.2) is 106 Å². The van der Waals surface area contributed by atoms with Gasteiger partial charge in [0, 0.05) is 22.0 Å². The minimum atomic E-state index is -0.590. The summed E-state index contributed by atoms with van der Waals surface area (Å²) in [6.07, 6.45) is 1.93. The third-order valence-corrected chi connectivity index (χ3v) is 14.4. The van der Waals surface area contributed by atoms with E-state index in [0.717, 1.165) is 60.9 Å². The molecule has 294 valence electrons. The first-order chi connectivity index (χ1) is 27.0. The van der Waals surface area contributed by atoms with Crippen molar-refractivity contribution >= 4 is 56.5 Å². The maximum absolute atomic E-state index is 7.22. The molecule has 0 amide bonds. The average molecular weight is 960 g/mol. The second-order valence-electron chi connectivity index (χ2n) is 18.3. The van der Waals surface area contributed by atoms with Crippen molar-refractivity contribution in [2.45, 2.75) is 108 Å². The van der Waals surface area contributed by atoms with Crippen molar-refractivity contribution in [2.75, 3.05) is 4.90 Å². The first-order valence-corrected chi connectivity index (χ1v) is 20.8. The zero-order valence-electron chi connectivity index (χ0n) is 35.1.